The van der Waals surface area contributed by atoms with Gasteiger partial charge in [0.1, 0.15) is 12.4 Å². The fourth-order valence-electron chi connectivity index (χ4n) is 6.88. The summed E-state index contributed by atoms with van der Waals surface area (Å²) < 4.78 is 0. The molecule has 9 nitrogen and oxygen atoms in total. The van der Waals surface area contributed by atoms with Crippen molar-refractivity contribution < 1.29 is 9.59 Å². The number of nitrogens with zero attached hydrogens (tertiary/aromatic N) is 4. The number of rotatable bonds is 17. The lowest BCUT2D eigenvalue weighted by atomic mass is 9.67. The van der Waals surface area contributed by atoms with E-state index in [9.17, 15) is 9.59 Å². The van der Waals surface area contributed by atoms with E-state index in [0.29, 0.717) is 24.2 Å². The fraction of sp³-hybridized carbons (Fsp3) is 0.649. The SMILES string of the molecule is CCC1=C(N=C(N)N=C(C)/C=C\C(C)CCCNC)N(CC)C(=O)C(C2(C(C)CCl)CC2C=C(C)C(C)=CC=NCC(=O)NC)C1C. The van der Waals surface area contributed by atoms with Crippen LogP contribution in [0.25, 0.3) is 0 Å². The lowest BCUT2D eigenvalue weighted by Crippen LogP contribution is -2.49. The first-order chi connectivity index (χ1) is 22.3. The first kappa shape index (κ1) is 40.1. The van der Waals surface area contributed by atoms with Gasteiger partial charge in [0.15, 0.2) is 0 Å². The zero-order chi connectivity index (χ0) is 35.3. The average Bonchev–Trinajstić information content (AvgIpc) is 3.75. The van der Waals surface area contributed by atoms with Crippen molar-refractivity contribution in [3.63, 3.8) is 0 Å². The normalized spacial score (nSPS) is 26.1. The van der Waals surface area contributed by atoms with Gasteiger partial charge in [-0.15, -0.1) is 11.6 Å². The Morgan fingerprint density at radius 3 is 2.49 bits per heavy atom. The smallest absolute Gasteiger partial charge is 0.241 e. The van der Waals surface area contributed by atoms with Gasteiger partial charge in [-0.3, -0.25) is 19.5 Å². The van der Waals surface area contributed by atoms with Crippen molar-refractivity contribution in [1.29, 1.82) is 0 Å². The molecule has 10 heteroatoms. The van der Waals surface area contributed by atoms with E-state index in [1.54, 1.807) is 13.3 Å². The van der Waals surface area contributed by atoms with Crippen LogP contribution < -0.4 is 16.4 Å². The summed E-state index contributed by atoms with van der Waals surface area (Å²) in [6.07, 6.45) is 13.9. The second kappa shape index (κ2) is 19.1. The van der Waals surface area contributed by atoms with E-state index in [1.165, 1.54) is 0 Å². The predicted octanol–water partition coefficient (Wildman–Crippen LogP) is 6.28. The quantitative estimate of drug-likeness (QED) is 0.0554. The molecule has 6 unspecified atom stereocenters. The highest BCUT2D eigenvalue weighted by molar-refractivity contribution is 6.18. The number of nitrogens with two attached hydrogens (primary N) is 1. The van der Waals surface area contributed by atoms with E-state index in [4.69, 9.17) is 22.3 Å². The molecule has 2 rings (SSSR count). The van der Waals surface area contributed by atoms with Gasteiger partial charge in [0, 0.05) is 31.4 Å². The Morgan fingerprint density at radius 2 is 1.89 bits per heavy atom. The molecule has 47 heavy (non-hydrogen) atoms. The molecule has 0 bridgehead atoms. The molecule has 0 saturated heterocycles. The highest BCUT2D eigenvalue weighted by Crippen LogP contribution is 2.67. The molecule has 1 aliphatic carbocycles. The molecular formula is C37H60ClN7O2. The van der Waals surface area contributed by atoms with Crippen LogP contribution in [0.15, 0.2) is 61.8 Å². The van der Waals surface area contributed by atoms with E-state index in [1.807, 2.05) is 44.9 Å². The third kappa shape index (κ3) is 10.5. The molecule has 0 spiro atoms. The molecule has 4 N–H and O–H groups in total. The first-order valence-electron chi connectivity index (χ1n) is 17.2. The van der Waals surface area contributed by atoms with Crippen molar-refractivity contribution in [2.45, 2.75) is 81.1 Å². The summed E-state index contributed by atoms with van der Waals surface area (Å²) in [6.45, 7) is 18.3. The molecule has 6 atom stereocenters. The van der Waals surface area contributed by atoms with Crippen molar-refractivity contribution >= 4 is 41.3 Å². The molecule has 1 heterocycles. The van der Waals surface area contributed by atoms with Crippen LogP contribution in [-0.4, -0.2) is 74.2 Å². The average molecular weight is 670 g/mol. The minimum absolute atomic E-state index is 0.0249. The van der Waals surface area contributed by atoms with Crippen LogP contribution in [0.4, 0.5) is 0 Å². The molecule has 1 saturated carbocycles. The summed E-state index contributed by atoms with van der Waals surface area (Å²) >= 11 is 6.56. The lowest BCUT2D eigenvalue weighted by Gasteiger charge is -2.43. The molecule has 262 valence electrons. The lowest BCUT2D eigenvalue weighted by molar-refractivity contribution is -0.140. The Labute approximate surface area is 289 Å². The first-order valence-corrected chi connectivity index (χ1v) is 17.7. The van der Waals surface area contributed by atoms with Crippen LogP contribution in [0, 0.1) is 35.0 Å². The number of nitrogens with one attached hydrogen (secondary N) is 2. The Balaban J connectivity index is 2.42. The van der Waals surface area contributed by atoms with Gasteiger partial charge in [0.25, 0.3) is 0 Å². The number of halogens is 1. The number of alkyl halides is 1. The van der Waals surface area contributed by atoms with Gasteiger partial charge in [-0.25, -0.2) is 4.99 Å². The van der Waals surface area contributed by atoms with Crippen LogP contribution in [0.5, 0.6) is 0 Å². The zero-order valence-electron chi connectivity index (χ0n) is 30.5. The van der Waals surface area contributed by atoms with Gasteiger partial charge in [0.2, 0.25) is 17.8 Å². The van der Waals surface area contributed by atoms with E-state index in [2.05, 4.69) is 67.4 Å². The minimum atomic E-state index is -0.259. The number of likely N-dealkylation sites (N-methyl/N-ethyl adjacent to an activating group) is 1. The summed E-state index contributed by atoms with van der Waals surface area (Å²) in [4.78, 5) is 41.3. The topological polar surface area (TPSA) is 125 Å². The van der Waals surface area contributed by atoms with Crippen molar-refractivity contribution in [3.05, 3.63) is 46.8 Å². The second-order valence-electron chi connectivity index (χ2n) is 13.2. The van der Waals surface area contributed by atoms with Gasteiger partial charge in [-0.1, -0.05) is 45.4 Å². The van der Waals surface area contributed by atoms with E-state index in [0.717, 1.165) is 54.7 Å². The van der Waals surface area contributed by atoms with Gasteiger partial charge in [-0.2, -0.15) is 4.99 Å². The van der Waals surface area contributed by atoms with E-state index in [-0.39, 0.29) is 53.4 Å². The zero-order valence-corrected chi connectivity index (χ0v) is 31.2. The number of amides is 2. The predicted molar refractivity (Wildman–Crippen MR) is 199 cm³/mol. The molecule has 1 aliphatic heterocycles. The molecule has 2 amide bonds. The molecular weight excluding hydrogens is 610 g/mol. The summed E-state index contributed by atoms with van der Waals surface area (Å²) in [5, 5.41) is 5.76. The Kier molecular flexibility index (Phi) is 16.3. The third-order valence-corrected chi connectivity index (χ3v) is 10.4. The summed E-state index contributed by atoms with van der Waals surface area (Å²) in [7, 11) is 3.57. The summed E-state index contributed by atoms with van der Waals surface area (Å²) in [5.74, 6) is 1.76. The number of hydrogen-bond donors (Lipinski definition) is 3. The van der Waals surface area contributed by atoms with Crippen LogP contribution >= 0.6 is 11.6 Å². The maximum atomic E-state index is 14.5. The number of guanidine groups is 1. The second-order valence-corrected chi connectivity index (χ2v) is 13.5. The molecule has 0 aromatic carbocycles. The third-order valence-electron chi connectivity index (χ3n) is 9.93. The van der Waals surface area contributed by atoms with Crippen molar-refractivity contribution in [2.75, 3.05) is 39.6 Å². The maximum absolute atomic E-state index is 14.5. The van der Waals surface area contributed by atoms with Gasteiger partial charge in [-0.05, 0) is 119 Å². The minimum Gasteiger partial charge on any atom is -0.368 e. The highest BCUT2D eigenvalue weighted by atomic mass is 35.5. The molecule has 0 aromatic heterocycles. The number of aliphatic imine (C=N–C) groups is 3. The van der Waals surface area contributed by atoms with Crippen LogP contribution in [0.2, 0.25) is 0 Å². The van der Waals surface area contributed by atoms with Crippen LogP contribution in [-0.2, 0) is 9.59 Å². The maximum Gasteiger partial charge on any atom is 0.241 e. The Morgan fingerprint density at radius 1 is 1.19 bits per heavy atom. The standard InChI is InChI=1S/C37H60ClN7O2/c1-11-31-29(8)33(37(27(6)22-38)21-30(37)20-26(5)25(4)17-19-42-23-32(46)41-10)35(47)45(12-2)34(31)44-36(39)43-28(7)16-15-24(3)14-13-18-40-9/h15-17,19-20,24,27,29-30,33,40H,11-14,18,21-23H2,1-10H3,(H2,39,44)(H,41,46)/b16-15-,25-17?,26-20?,42-19?,43-28?. The van der Waals surface area contributed by atoms with E-state index < -0.39 is 0 Å². The molecule has 1 fully saturated rings. The van der Waals surface area contributed by atoms with Crippen LogP contribution in [0.3, 0.4) is 0 Å². The molecule has 2 aliphatic rings. The number of carbonyl (C=O) groups is 2. The number of carbonyl (C=O) groups excluding carboxylic acids is 2. The summed E-state index contributed by atoms with van der Waals surface area (Å²) in [6, 6.07) is 0. The molecule has 0 aromatic rings. The monoisotopic (exact) mass is 669 g/mol. The van der Waals surface area contributed by atoms with Gasteiger partial charge >= 0.3 is 0 Å². The Bertz CT molecular complexity index is 1310. The number of allylic oxidation sites excluding steroid dienone is 7. The fourth-order valence-corrected chi connectivity index (χ4v) is 7.17. The van der Waals surface area contributed by atoms with Crippen molar-refractivity contribution in [1.82, 2.24) is 15.5 Å². The largest absolute Gasteiger partial charge is 0.368 e. The van der Waals surface area contributed by atoms with Gasteiger partial charge < -0.3 is 16.4 Å². The summed E-state index contributed by atoms with van der Waals surface area (Å²) in [5.41, 5.74) is 10.2. The van der Waals surface area contributed by atoms with E-state index >= 15 is 0 Å². The van der Waals surface area contributed by atoms with Gasteiger partial charge in [0.05, 0.1) is 5.92 Å². The van der Waals surface area contributed by atoms with Crippen molar-refractivity contribution in [2.24, 2.45) is 55.7 Å². The Hall–Kier alpha value is -3.04. The molecule has 0 radical (unpaired) electrons. The van der Waals surface area contributed by atoms with Crippen LogP contribution in [0.1, 0.15) is 81.1 Å². The number of hydrogen-bond acceptors (Lipinski definition) is 5. The van der Waals surface area contributed by atoms with Crippen molar-refractivity contribution in [3.8, 4) is 0 Å². The highest BCUT2D eigenvalue weighted by Gasteiger charge is 2.65.